The number of allylic oxidation sites excluding steroid dienone is 1. The van der Waals surface area contributed by atoms with Gasteiger partial charge in [0.05, 0.1) is 27.1 Å². The van der Waals surface area contributed by atoms with Crippen molar-refractivity contribution in [2.24, 2.45) is 10.9 Å². The fraction of sp³-hybridized carbons (Fsp3) is 0.113. The largest absolute Gasteiger partial charge is 0.308 e. The lowest BCUT2D eigenvalue weighted by Gasteiger charge is -2.26. The zero-order valence-electron chi connectivity index (χ0n) is 36.5. The molecule has 2 atom stereocenters. The molecule has 2 aromatic heterocycles. The Labute approximate surface area is 384 Å². The second kappa shape index (κ2) is 16.7. The van der Waals surface area contributed by atoms with E-state index < -0.39 is 0 Å². The van der Waals surface area contributed by atoms with Gasteiger partial charge >= 0.3 is 0 Å². The van der Waals surface area contributed by atoms with Gasteiger partial charge in [0, 0.05) is 37.5 Å². The Kier molecular flexibility index (Phi) is 10.1. The highest BCUT2D eigenvalue weighted by atomic mass is 32.1. The lowest BCUT2D eigenvalue weighted by atomic mass is 9.80. The van der Waals surface area contributed by atoms with Gasteiger partial charge in [0.2, 0.25) is 0 Å². The maximum absolute atomic E-state index is 5.80. The van der Waals surface area contributed by atoms with E-state index in [1.54, 1.807) is 0 Å². The molecule has 11 aromatic rings. The fourth-order valence-corrected chi connectivity index (χ4v) is 11.8. The van der Waals surface area contributed by atoms with E-state index >= 15 is 0 Å². The summed E-state index contributed by atoms with van der Waals surface area (Å²) >= 11 is 1.91. The van der Waals surface area contributed by atoms with Crippen LogP contribution in [0.3, 0.4) is 0 Å². The summed E-state index contributed by atoms with van der Waals surface area (Å²) in [7, 11) is 0. The summed E-state index contributed by atoms with van der Waals surface area (Å²) in [4.78, 5) is 5.80. The lowest BCUT2D eigenvalue weighted by molar-refractivity contribution is 0.430. The highest BCUT2D eigenvalue weighted by Crippen LogP contribution is 2.44. The molecule has 0 N–H and O–H groups in total. The van der Waals surface area contributed by atoms with E-state index in [9.17, 15) is 0 Å². The highest BCUT2D eigenvalue weighted by molar-refractivity contribution is 7.26. The number of hydrogen-bond donors (Lipinski definition) is 0. The number of thiophene rings is 1. The van der Waals surface area contributed by atoms with Crippen molar-refractivity contribution in [3.05, 3.63) is 229 Å². The fourth-order valence-electron chi connectivity index (χ4n) is 10.5. The number of benzene rings is 9. The van der Waals surface area contributed by atoms with E-state index in [0.29, 0.717) is 11.8 Å². The topological polar surface area (TPSA) is 17.3 Å². The summed E-state index contributed by atoms with van der Waals surface area (Å²) < 4.78 is 5.10. The average molecular weight is 853 g/mol. The Morgan fingerprint density at radius 3 is 1.97 bits per heavy atom. The Morgan fingerprint density at radius 1 is 0.523 bits per heavy atom. The zero-order valence-corrected chi connectivity index (χ0v) is 37.3. The molecule has 0 bridgehead atoms. The van der Waals surface area contributed by atoms with Crippen LogP contribution in [0, 0.1) is 5.92 Å². The van der Waals surface area contributed by atoms with E-state index in [2.05, 4.69) is 224 Å². The van der Waals surface area contributed by atoms with Gasteiger partial charge in [-0.15, -0.1) is 11.3 Å². The molecule has 3 heteroatoms. The van der Waals surface area contributed by atoms with Crippen LogP contribution in [0.1, 0.15) is 55.2 Å². The summed E-state index contributed by atoms with van der Waals surface area (Å²) in [5, 5.41) is 7.65. The van der Waals surface area contributed by atoms with Gasteiger partial charge in [-0.25, -0.2) is 0 Å². The molecule has 0 saturated heterocycles. The van der Waals surface area contributed by atoms with Crippen LogP contribution < -0.4 is 0 Å². The first-order valence-electron chi connectivity index (χ1n) is 23.1. The van der Waals surface area contributed by atoms with Crippen molar-refractivity contribution in [1.82, 2.24) is 4.57 Å². The molecule has 0 radical (unpaired) electrons. The molecule has 0 spiro atoms. The maximum atomic E-state index is 5.80. The Balaban J connectivity index is 1.03. The average Bonchev–Trinajstić information content (AvgIpc) is 3.92. The molecule has 0 aliphatic carbocycles. The van der Waals surface area contributed by atoms with Crippen LogP contribution in [-0.4, -0.2) is 10.3 Å². The molecule has 0 amide bonds. The Hall–Kier alpha value is -7.33. The maximum Gasteiger partial charge on any atom is 0.0665 e. The quantitative estimate of drug-likeness (QED) is 0.159. The molecule has 3 heterocycles. The Morgan fingerprint density at radius 2 is 1.17 bits per heavy atom. The van der Waals surface area contributed by atoms with E-state index in [4.69, 9.17) is 4.99 Å². The monoisotopic (exact) mass is 852 g/mol. The SMILES string of the molecule is CC1C/C=C(\c2ccc(-c3ccccc3)cc2)N=C(c2ccc(-n3c4ccccc4c4cc5ccccc5cc43)c3sc4ccccc4c23)CCCC1c1cccc(-c2ccccc2)c1. The van der Waals surface area contributed by atoms with E-state index in [0.717, 1.165) is 42.7 Å². The first-order chi connectivity index (χ1) is 32.1. The number of aromatic nitrogens is 1. The van der Waals surface area contributed by atoms with Crippen LogP contribution in [0.4, 0.5) is 0 Å². The molecular formula is C62H48N2S. The molecule has 1 aliphatic rings. The van der Waals surface area contributed by atoms with Crippen molar-refractivity contribution in [1.29, 1.82) is 0 Å². The molecule has 0 fully saturated rings. The molecular weight excluding hydrogens is 805 g/mol. The number of hydrogen-bond acceptors (Lipinski definition) is 2. The second-order valence-corrected chi connectivity index (χ2v) is 18.9. The highest BCUT2D eigenvalue weighted by Gasteiger charge is 2.25. The molecule has 12 rings (SSSR count). The van der Waals surface area contributed by atoms with Gasteiger partial charge in [-0.2, -0.15) is 0 Å². The van der Waals surface area contributed by atoms with Crippen LogP contribution in [0.25, 0.3) is 86.4 Å². The smallest absolute Gasteiger partial charge is 0.0665 e. The van der Waals surface area contributed by atoms with Gasteiger partial charge in [0.15, 0.2) is 0 Å². The van der Waals surface area contributed by atoms with E-state index in [1.165, 1.54) is 91.8 Å². The Bertz CT molecular complexity index is 3610. The first kappa shape index (κ1) is 39.3. The minimum Gasteiger partial charge on any atom is -0.308 e. The van der Waals surface area contributed by atoms with Gasteiger partial charge in [-0.05, 0) is 112 Å². The number of nitrogens with zero attached hydrogens (tertiary/aromatic N) is 2. The molecule has 0 saturated carbocycles. The number of rotatable bonds is 6. The van der Waals surface area contributed by atoms with Gasteiger partial charge in [0.25, 0.3) is 0 Å². The molecule has 2 unspecified atom stereocenters. The van der Waals surface area contributed by atoms with Gasteiger partial charge < -0.3 is 4.57 Å². The summed E-state index contributed by atoms with van der Waals surface area (Å²) in [6.07, 6.45) is 6.37. The molecule has 9 aromatic carbocycles. The molecule has 312 valence electrons. The second-order valence-electron chi connectivity index (χ2n) is 17.8. The molecule has 2 nitrogen and oxygen atoms in total. The predicted octanol–water partition coefficient (Wildman–Crippen LogP) is 17.5. The van der Waals surface area contributed by atoms with Crippen molar-refractivity contribution in [3.8, 4) is 27.9 Å². The van der Waals surface area contributed by atoms with Crippen molar-refractivity contribution < 1.29 is 0 Å². The third-order valence-electron chi connectivity index (χ3n) is 13.9. The number of para-hydroxylation sites is 1. The third-order valence-corrected chi connectivity index (χ3v) is 15.1. The van der Waals surface area contributed by atoms with Crippen LogP contribution in [0.2, 0.25) is 0 Å². The van der Waals surface area contributed by atoms with Gasteiger partial charge in [-0.3, -0.25) is 4.99 Å². The molecule has 65 heavy (non-hydrogen) atoms. The number of fused-ring (bicyclic) bond motifs is 7. The summed E-state index contributed by atoms with van der Waals surface area (Å²) in [6.45, 7) is 2.44. The van der Waals surface area contributed by atoms with Crippen molar-refractivity contribution in [3.63, 3.8) is 0 Å². The standard InChI is InChI=1S/C62H48N2S/c1-41-30-36-55(45-33-31-44(32-34-45)42-16-4-2-5-17-42)63-56(27-15-26-50(41)49-23-14-22-46(38-49)43-18-6-3-7-19-43)52-35-37-58(62-61(52)53-25-11-13-29-60(53)65-62)64-57-28-12-10-24-51(57)54-39-47-20-8-9-21-48(47)40-59(54)64/h2-14,16-25,28-29,31-41,50H,15,26-27,30H2,1H3/b55-36+,63-56?. The van der Waals surface area contributed by atoms with E-state index in [1.807, 2.05) is 11.3 Å². The van der Waals surface area contributed by atoms with Crippen molar-refractivity contribution >= 4 is 75.5 Å². The predicted molar refractivity (Wildman–Crippen MR) is 280 cm³/mol. The summed E-state index contributed by atoms with van der Waals surface area (Å²) in [6, 6.07) is 76.0. The first-order valence-corrected chi connectivity index (χ1v) is 23.9. The van der Waals surface area contributed by atoms with Crippen LogP contribution in [-0.2, 0) is 0 Å². The normalized spacial score (nSPS) is 16.8. The van der Waals surface area contributed by atoms with Gasteiger partial charge in [0.1, 0.15) is 0 Å². The van der Waals surface area contributed by atoms with Crippen molar-refractivity contribution in [2.45, 2.75) is 38.5 Å². The number of aliphatic imine (C=N–C) groups is 1. The summed E-state index contributed by atoms with van der Waals surface area (Å²) in [5.41, 5.74) is 14.7. The minimum absolute atomic E-state index is 0.409. The van der Waals surface area contributed by atoms with Crippen LogP contribution in [0.5, 0.6) is 0 Å². The van der Waals surface area contributed by atoms with E-state index in [-0.39, 0.29) is 0 Å². The van der Waals surface area contributed by atoms with Crippen LogP contribution >= 0.6 is 11.3 Å². The van der Waals surface area contributed by atoms with Crippen molar-refractivity contribution in [2.75, 3.05) is 0 Å². The molecule has 1 aliphatic heterocycles. The summed E-state index contributed by atoms with van der Waals surface area (Å²) in [5.74, 6) is 0.846. The minimum atomic E-state index is 0.409. The van der Waals surface area contributed by atoms with Gasteiger partial charge in [-0.1, -0.05) is 189 Å². The lowest BCUT2D eigenvalue weighted by Crippen LogP contribution is -2.13. The zero-order chi connectivity index (χ0) is 43.3. The van der Waals surface area contributed by atoms with Crippen LogP contribution in [0.15, 0.2) is 217 Å². The third kappa shape index (κ3) is 7.17.